The number of aromatic amines is 1. The van der Waals surface area contributed by atoms with Crippen LogP contribution < -0.4 is 10.0 Å². The third kappa shape index (κ3) is 8.17. The van der Waals surface area contributed by atoms with E-state index in [1.807, 2.05) is 73.2 Å². The summed E-state index contributed by atoms with van der Waals surface area (Å²) in [6, 6.07) is 19.3. The molecule has 13 heteroatoms. The van der Waals surface area contributed by atoms with Gasteiger partial charge in [0, 0.05) is 54.2 Å². The number of H-pyrrole nitrogens is 1. The van der Waals surface area contributed by atoms with Gasteiger partial charge in [0.05, 0.1) is 18.6 Å². The average molecular weight is 672 g/mol. The van der Waals surface area contributed by atoms with Crippen LogP contribution >= 0.6 is 0 Å². The van der Waals surface area contributed by atoms with Crippen LogP contribution in [0, 0.1) is 13.8 Å². The zero-order valence-corrected chi connectivity index (χ0v) is 27.6. The van der Waals surface area contributed by atoms with E-state index in [1.165, 1.54) is 18.1 Å². The van der Waals surface area contributed by atoms with Gasteiger partial charge in [-0.2, -0.15) is 0 Å². The van der Waals surface area contributed by atoms with Crippen molar-refractivity contribution in [2.45, 2.75) is 38.8 Å². The zero-order chi connectivity index (χ0) is 34.4. The smallest absolute Gasteiger partial charge is 0.256 e. The molecule has 2 atom stereocenters. The first-order chi connectivity index (χ1) is 22.9. The number of aromatic nitrogens is 2. The Bertz CT molecular complexity index is 2000. The summed E-state index contributed by atoms with van der Waals surface area (Å²) in [5.41, 5.74) is 5.14. The minimum Gasteiger partial charge on any atom is -0.395 e. The van der Waals surface area contributed by atoms with Crippen molar-refractivity contribution in [3.63, 3.8) is 0 Å². The second kappa shape index (κ2) is 14.7. The summed E-state index contributed by atoms with van der Waals surface area (Å²) in [7, 11) is -2.66. The van der Waals surface area contributed by atoms with Gasteiger partial charge < -0.3 is 24.8 Å². The van der Waals surface area contributed by atoms with Crippen molar-refractivity contribution in [2.24, 2.45) is 0 Å². The Kier molecular flexibility index (Phi) is 10.4. The third-order valence-corrected chi connectivity index (χ3v) is 9.24. The van der Waals surface area contributed by atoms with Crippen LogP contribution in [-0.2, 0) is 32.5 Å². The fourth-order valence-electron chi connectivity index (χ4n) is 5.64. The number of hydrogen-bond acceptors (Lipinski definition) is 8. The Balaban J connectivity index is 1.47. The zero-order valence-electron chi connectivity index (χ0n) is 26.8. The number of amides is 3. The van der Waals surface area contributed by atoms with Gasteiger partial charge in [0.25, 0.3) is 11.8 Å². The van der Waals surface area contributed by atoms with Crippen molar-refractivity contribution in [1.82, 2.24) is 25.1 Å². The Labute approximate surface area is 278 Å². The lowest BCUT2D eigenvalue weighted by molar-refractivity contribution is -0.130. The predicted octanol–water partition coefficient (Wildman–Crippen LogP) is 3.29. The lowest BCUT2D eigenvalue weighted by atomic mass is 9.99. The monoisotopic (exact) mass is 671 g/mol. The topological polar surface area (TPSA) is 175 Å². The van der Waals surface area contributed by atoms with Crippen molar-refractivity contribution < 1.29 is 32.4 Å². The van der Waals surface area contributed by atoms with E-state index in [1.54, 1.807) is 24.4 Å². The number of carbonyl (C=O) groups is 3. The highest BCUT2D eigenvalue weighted by Gasteiger charge is 2.33. The second-order valence-corrected chi connectivity index (χ2v) is 13.6. The molecule has 0 spiro atoms. The van der Waals surface area contributed by atoms with Crippen molar-refractivity contribution in [2.75, 3.05) is 19.4 Å². The lowest BCUT2D eigenvalue weighted by Gasteiger charge is -2.29. The summed E-state index contributed by atoms with van der Waals surface area (Å²) in [5, 5.41) is 16.5. The fraction of sp³-hybridized carbons (Fsp3) is 0.257. The van der Waals surface area contributed by atoms with Gasteiger partial charge in [-0.25, -0.2) is 8.42 Å². The number of aryl methyl sites for hydroxylation is 2. The van der Waals surface area contributed by atoms with Gasteiger partial charge in [0.1, 0.15) is 12.1 Å². The van der Waals surface area contributed by atoms with Gasteiger partial charge in [-0.05, 0) is 43.2 Å². The van der Waals surface area contributed by atoms with Crippen LogP contribution in [0.4, 0.5) is 0 Å². The van der Waals surface area contributed by atoms with Crippen molar-refractivity contribution in [3.05, 3.63) is 113 Å². The van der Waals surface area contributed by atoms with Gasteiger partial charge in [0.15, 0.2) is 5.76 Å². The largest absolute Gasteiger partial charge is 0.395 e. The van der Waals surface area contributed by atoms with E-state index in [9.17, 15) is 27.9 Å². The molecule has 12 nitrogen and oxygen atoms in total. The van der Waals surface area contributed by atoms with E-state index in [0.29, 0.717) is 16.9 Å². The Morgan fingerprint density at radius 3 is 2.33 bits per heavy atom. The van der Waals surface area contributed by atoms with E-state index in [0.717, 1.165) is 33.2 Å². The minimum absolute atomic E-state index is 0.0520. The van der Waals surface area contributed by atoms with Crippen LogP contribution in [-0.4, -0.2) is 77.8 Å². The number of rotatable bonds is 13. The molecule has 48 heavy (non-hydrogen) atoms. The number of sulfonamides is 1. The van der Waals surface area contributed by atoms with Gasteiger partial charge >= 0.3 is 0 Å². The standard InChI is InChI=1S/C35H37N5O7S/c1-22-16-23(2)18-26(17-22)35(44)40(3)31(19-24-8-10-25(11-9-24)32-12-13-37-47-32)34(43)38-30(33(42)39-48(45,46)15-14-41)20-27-21-36-29-7-5-4-6-28(27)29/h4-13,16-18,21,30-31,36,41H,14-15,19-20H2,1-3H3,(H,38,43)(H,39,42)/t30-,31+/m0/s1. The van der Waals surface area contributed by atoms with Crippen LogP contribution in [0.3, 0.4) is 0 Å². The summed E-state index contributed by atoms with van der Waals surface area (Å²) in [4.78, 5) is 45.9. The highest BCUT2D eigenvalue weighted by molar-refractivity contribution is 7.90. The minimum atomic E-state index is -4.18. The van der Waals surface area contributed by atoms with E-state index >= 15 is 0 Å². The van der Waals surface area contributed by atoms with Crippen LogP contribution in [0.15, 0.2) is 89.7 Å². The number of nitrogens with zero attached hydrogens (tertiary/aromatic N) is 2. The van der Waals surface area contributed by atoms with E-state index in [-0.39, 0.29) is 12.8 Å². The maximum atomic E-state index is 14.2. The first kappa shape index (κ1) is 34.1. The molecule has 0 aliphatic carbocycles. The summed E-state index contributed by atoms with van der Waals surface area (Å²) in [5.74, 6) is -2.15. The fourth-order valence-corrected chi connectivity index (χ4v) is 6.43. The van der Waals surface area contributed by atoms with E-state index in [2.05, 4.69) is 15.5 Å². The molecular weight excluding hydrogens is 634 g/mol. The Hall–Kier alpha value is -5.27. The first-order valence-corrected chi connectivity index (χ1v) is 17.0. The SMILES string of the molecule is Cc1cc(C)cc(C(=O)N(C)[C@H](Cc2ccc(-c3ccno3)cc2)C(=O)N[C@@H](Cc2c[nH]c3ccccc23)C(=O)NS(=O)(=O)CCO)c1. The number of fused-ring (bicyclic) bond motifs is 1. The molecular formula is C35H37N5O7S. The van der Waals surface area contributed by atoms with Crippen molar-refractivity contribution in [1.29, 1.82) is 0 Å². The Morgan fingerprint density at radius 2 is 1.67 bits per heavy atom. The molecule has 0 radical (unpaired) electrons. The number of aliphatic hydroxyl groups excluding tert-OH is 1. The molecule has 2 aromatic heterocycles. The number of aliphatic hydroxyl groups is 1. The van der Waals surface area contributed by atoms with Gasteiger partial charge in [-0.3, -0.25) is 19.1 Å². The highest BCUT2D eigenvalue weighted by Crippen LogP contribution is 2.22. The number of likely N-dealkylation sites (N-methyl/N-ethyl adjacent to an activating group) is 1. The van der Waals surface area contributed by atoms with Crippen LogP contribution in [0.5, 0.6) is 0 Å². The molecule has 0 fully saturated rings. The molecule has 0 aliphatic heterocycles. The van der Waals surface area contributed by atoms with E-state index < -0.39 is 52.2 Å². The molecule has 2 heterocycles. The molecule has 0 unspecified atom stereocenters. The molecule has 0 bridgehead atoms. The van der Waals surface area contributed by atoms with Gasteiger partial charge in [-0.1, -0.05) is 64.8 Å². The molecule has 250 valence electrons. The van der Waals surface area contributed by atoms with Crippen LogP contribution in [0.1, 0.15) is 32.6 Å². The number of carbonyl (C=O) groups excluding carboxylic acids is 3. The quantitative estimate of drug-likeness (QED) is 0.148. The summed E-state index contributed by atoms with van der Waals surface area (Å²) >= 11 is 0. The summed E-state index contributed by atoms with van der Waals surface area (Å²) in [6.45, 7) is 3.07. The second-order valence-electron chi connectivity index (χ2n) is 11.7. The highest BCUT2D eigenvalue weighted by atomic mass is 32.2. The molecule has 0 aliphatic rings. The van der Waals surface area contributed by atoms with Crippen LogP contribution in [0.2, 0.25) is 0 Å². The van der Waals surface area contributed by atoms with Gasteiger partial charge in [0.2, 0.25) is 15.9 Å². The first-order valence-electron chi connectivity index (χ1n) is 15.3. The van der Waals surface area contributed by atoms with Crippen molar-refractivity contribution >= 4 is 38.6 Å². The lowest BCUT2D eigenvalue weighted by Crippen LogP contribution is -2.56. The molecule has 5 aromatic rings. The number of para-hydroxylation sites is 1. The Morgan fingerprint density at radius 1 is 0.958 bits per heavy atom. The summed E-state index contributed by atoms with van der Waals surface area (Å²) < 4.78 is 32.2. The molecule has 0 saturated heterocycles. The maximum Gasteiger partial charge on any atom is 0.256 e. The van der Waals surface area contributed by atoms with E-state index in [4.69, 9.17) is 4.52 Å². The predicted molar refractivity (Wildman–Crippen MR) is 180 cm³/mol. The molecule has 0 saturated carbocycles. The third-order valence-electron chi connectivity index (χ3n) is 8.01. The molecule has 3 aromatic carbocycles. The summed E-state index contributed by atoms with van der Waals surface area (Å²) in [6.07, 6.45) is 3.26. The van der Waals surface area contributed by atoms with Crippen molar-refractivity contribution in [3.8, 4) is 11.3 Å². The maximum absolute atomic E-state index is 14.2. The van der Waals surface area contributed by atoms with Crippen LogP contribution in [0.25, 0.3) is 22.2 Å². The van der Waals surface area contributed by atoms with Gasteiger partial charge in [-0.15, -0.1) is 0 Å². The molecule has 4 N–H and O–H groups in total. The molecule has 5 rings (SSSR count). The number of benzene rings is 3. The number of hydrogen-bond donors (Lipinski definition) is 4. The normalized spacial score (nSPS) is 12.8. The number of nitrogens with one attached hydrogen (secondary N) is 3. The average Bonchev–Trinajstić information content (AvgIpc) is 3.73. The molecule has 3 amide bonds.